The molecular formula is C15H16HgOS. The third-order valence-electron chi connectivity index (χ3n) is 2.89. The first kappa shape index (κ1) is 14.1. The van der Waals surface area contributed by atoms with Gasteiger partial charge < -0.3 is 0 Å². The van der Waals surface area contributed by atoms with E-state index in [-0.39, 0.29) is 0 Å². The Hall–Kier alpha value is -0.315. The molecule has 90 valence electrons. The van der Waals surface area contributed by atoms with Gasteiger partial charge in [-0.25, -0.2) is 0 Å². The minimum atomic E-state index is -1.21. The summed E-state index contributed by atoms with van der Waals surface area (Å²) in [7, 11) is 0. The topological polar surface area (TPSA) is 9.23 Å². The molecule has 0 fully saturated rings. The molecule has 0 radical (unpaired) electrons. The molecule has 18 heavy (non-hydrogen) atoms. The second-order valence-electron chi connectivity index (χ2n) is 4.23. The molecule has 2 aromatic rings. The standard InChI is InChI=1S/C8H9O.C7H7S.Hg/c9-7-6-8-4-2-1-3-5-8;1-6-4-2-3-5-7(6)8;/h1-5H,6-7H2;2-5,8H,1H2;/q-1;;+1. The van der Waals surface area contributed by atoms with Gasteiger partial charge in [-0.2, -0.15) is 0 Å². The Labute approximate surface area is 127 Å². The molecule has 0 aliphatic rings. The molecule has 3 heteroatoms. The first-order chi connectivity index (χ1) is 8.86. The monoisotopic (exact) mass is 446 g/mol. The minimum absolute atomic E-state index is 0.875. The number of benzene rings is 2. The quantitative estimate of drug-likeness (QED) is 0.406. The summed E-state index contributed by atoms with van der Waals surface area (Å²) in [6, 6.07) is 18.8. The zero-order valence-corrected chi connectivity index (χ0v) is 16.8. The Morgan fingerprint density at radius 1 is 0.944 bits per heavy atom. The van der Waals surface area contributed by atoms with Crippen LogP contribution in [0.2, 0.25) is 0 Å². The van der Waals surface area contributed by atoms with E-state index in [4.69, 9.17) is 2.64 Å². The molecule has 2 rings (SSSR count). The molecule has 2 aromatic carbocycles. The van der Waals surface area contributed by atoms with Crippen LogP contribution in [0.3, 0.4) is 0 Å². The zero-order valence-electron chi connectivity index (χ0n) is 10.4. The molecule has 0 N–H and O–H groups in total. The third-order valence-corrected chi connectivity index (χ3v) is 8.45. The van der Waals surface area contributed by atoms with Gasteiger partial charge in [-0.15, -0.1) is 0 Å². The van der Waals surface area contributed by atoms with Crippen LogP contribution in [-0.2, 0) is 38.0 Å². The summed E-state index contributed by atoms with van der Waals surface area (Å²) >= 11 is 3.25. The van der Waals surface area contributed by atoms with Gasteiger partial charge in [0.2, 0.25) is 0 Å². The fraction of sp³-hybridized carbons (Fsp3) is 0.200. The van der Waals surface area contributed by atoms with Crippen LogP contribution in [0.1, 0.15) is 11.1 Å². The zero-order chi connectivity index (χ0) is 12.6. The van der Waals surface area contributed by atoms with Crippen molar-refractivity contribution >= 4 is 12.6 Å². The molecule has 0 spiro atoms. The van der Waals surface area contributed by atoms with Crippen molar-refractivity contribution < 1.29 is 27.7 Å². The summed E-state index contributed by atoms with van der Waals surface area (Å²) in [5.41, 5.74) is 2.71. The van der Waals surface area contributed by atoms with E-state index < -0.39 is 25.0 Å². The van der Waals surface area contributed by atoms with Crippen molar-refractivity contribution in [3.8, 4) is 0 Å². The molecule has 0 amide bonds. The van der Waals surface area contributed by atoms with Crippen LogP contribution in [0.15, 0.2) is 59.5 Å². The van der Waals surface area contributed by atoms with E-state index in [9.17, 15) is 0 Å². The van der Waals surface area contributed by atoms with Crippen molar-refractivity contribution in [2.24, 2.45) is 0 Å². The molecule has 0 saturated heterocycles. The van der Waals surface area contributed by atoms with Crippen molar-refractivity contribution in [2.45, 2.75) is 15.2 Å². The van der Waals surface area contributed by atoms with Crippen LogP contribution in [0.5, 0.6) is 0 Å². The van der Waals surface area contributed by atoms with Crippen LogP contribution in [0, 0.1) is 0 Å². The van der Waals surface area contributed by atoms with Crippen LogP contribution in [-0.4, -0.2) is 6.61 Å². The first-order valence-corrected chi connectivity index (χ1v) is 12.8. The molecule has 0 saturated carbocycles. The normalized spacial score (nSPS) is 10.1. The number of hydrogen-bond acceptors (Lipinski definition) is 2. The molecule has 1 nitrogen and oxygen atoms in total. The molecule has 0 aliphatic carbocycles. The third kappa shape index (κ3) is 4.75. The van der Waals surface area contributed by atoms with Crippen molar-refractivity contribution in [1.82, 2.24) is 0 Å². The van der Waals surface area contributed by atoms with Crippen molar-refractivity contribution in [2.75, 3.05) is 6.61 Å². The summed E-state index contributed by atoms with van der Waals surface area (Å²) < 4.78 is 7.03. The van der Waals surface area contributed by atoms with Gasteiger partial charge in [0, 0.05) is 0 Å². The maximum absolute atomic E-state index is 5.88. The average molecular weight is 445 g/mol. The Morgan fingerprint density at radius 3 is 2.44 bits per heavy atom. The van der Waals surface area contributed by atoms with E-state index >= 15 is 0 Å². The summed E-state index contributed by atoms with van der Waals surface area (Å²) in [5.74, 6) is 0. The Morgan fingerprint density at radius 2 is 1.67 bits per heavy atom. The molecule has 0 heterocycles. The van der Waals surface area contributed by atoms with Crippen LogP contribution in [0.4, 0.5) is 0 Å². The van der Waals surface area contributed by atoms with Gasteiger partial charge in [-0.05, 0) is 0 Å². The van der Waals surface area contributed by atoms with Crippen LogP contribution < -0.4 is 0 Å². The predicted octanol–water partition coefficient (Wildman–Crippen LogP) is 3.73. The van der Waals surface area contributed by atoms with E-state index in [2.05, 4.69) is 55.1 Å². The number of rotatable bonds is 6. The van der Waals surface area contributed by atoms with E-state index in [0.717, 1.165) is 21.9 Å². The number of thiol groups is 1. The van der Waals surface area contributed by atoms with Gasteiger partial charge in [0.25, 0.3) is 0 Å². The molecule has 0 atom stereocenters. The van der Waals surface area contributed by atoms with Crippen molar-refractivity contribution in [3.63, 3.8) is 0 Å². The van der Waals surface area contributed by atoms with Gasteiger partial charge >= 0.3 is 128 Å². The van der Waals surface area contributed by atoms with E-state index in [1.165, 1.54) is 11.1 Å². The second-order valence-corrected chi connectivity index (χ2v) is 9.83. The van der Waals surface area contributed by atoms with E-state index in [1.54, 1.807) is 0 Å². The second kappa shape index (κ2) is 7.98. The van der Waals surface area contributed by atoms with Gasteiger partial charge in [0.05, 0.1) is 0 Å². The van der Waals surface area contributed by atoms with Crippen molar-refractivity contribution in [1.29, 1.82) is 0 Å². The molecule has 0 unspecified atom stereocenters. The van der Waals surface area contributed by atoms with Gasteiger partial charge in [-0.3, -0.25) is 0 Å². The van der Waals surface area contributed by atoms with Gasteiger partial charge in [0.15, 0.2) is 0 Å². The average Bonchev–Trinajstić information content (AvgIpc) is 2.42. The number of hydrogen-bond donors (Lipinski definition) is 1. The van der Waals surface area contributed by atoms with E-state index in [0.29, 0.717) is 0 Å². The molecular weight excluding hydrogens is 429 g/mol. The summed E-state index contributed by atoms with van der Waals surface area (Å²) in [4.78, 5) is 1.10. The molecule has 0 aliphatic heterocycles. The van der Waals surface area contributed by atoms with Crippen molar-refractivity contribution in [3.05, 3.63) is 65.7 Å². The predicted molar refractivity (Wildman–Crippen MR) is 73.5 cm³/mol. The Bertz CT molecular complexity index is 473. The molecule has 0 bridgehead atoms. The van der Waals surface area contributed by atoms with Crippen LogP contribution in [0.25, 0.3) is 0 Å². The van der Waals surface area contributed by atoms with Gasteiger partial charge in [-0.1, -0.05) is 0 Å². The SMILES string of the molecule is Sc1ccccc1[CH2][Hg][O]CCc1ccccc1. The van der Waals surface area contributed by atoms with E-state index in [1.807, 2.05) is 12.1 Å². The Balaban J connectivity index is 1.66. The summed E-state index contributed by atoms with van der Waals surface area (Å²) in [5, 5.41) is 0. The summed E-state index contributed by atoms with van der Waals surface area (Å²) in [6.07, 6.45) is 1.03. The molecule has 0 aromatic heterocycles. The fourth-order valence-corrected chi connectivity index (χ4v) is 7.40. The first-order valence-electron chi connectivity index (χ1n) is 6.25. The van der Waals surface area contributed by atoms with Crippen LogP contribution >= 0.6 is 12.6 Å². The summed E-state index contributed by atoms with van der Waals surface area (Å²) in [6.45, 7) is 0.875. The fourth-order valence-electron chi connectivity index (χ4n) is 1.84. The van der Waals surface area contributed by atoms with Gasteiger partial charge in [0.1, 0.15) is 0 Å². The maximum atomic E-state index is 5.88. The Kier molecular flexibility index (Phi) is 6.25.